The molecular weight excluding hydrogens is 1600 g/mol. The van der Waals surface area contributed by atoms with E-state index in [0.717, 1.165) is 65.2 Å². The van der Waals surface area contributed by atoms with E-state index in [-0.39, 0.29) is 12.3 Å². The van der Waals surface area contributed by atoms with Crippen LogP contribution in [0.15, 0.2) is 12.2 Å². The molecule has 0 aromatic heterocycles. The number of hydrogen-bond acceptors (Lipinski definition) is 34. The predicted molar refractivity (Wildman–Crippen MR) is 428 cm³/mol. The van der Waals surface area contributed by atoms with Crippen molar-refractivity contribution in [1.29, 1.82) is 0 Å². The number of carboxylic acid groups (broad SMARTS) is 1. The van der Waals surface area contributed by atoms with Crippen LogP contribution in [0.25, 0.3) is 0 Å². The second-order valence-corrected chi connectivity index (χ2v) is 33.5. The number of unbranched alkanes of at least 4 members (excludes halogenated alkanes) is 29. The Bertz CT molecular complexity index is 2890. The van der Waals surface area contributed by atoms with Gasteiger partial charge >= 0.3 is 5.97 Å². The van der Waals surface area contributed by atoms with Gasteiger partial charge in [0.2, 0.25) is 17.7 Å². The molecule has 0 aliphatic carbocycles. The number of aliphatic hydroxyl groups excluding tert-OH is 18. The molecule has 38 nitrogen and oxygen atoms in total. The minimum absolute atomic E-state index is 0.152. The van der Waals surface area contributed by atoms with Crippen LogP contribution < -0.4 is 16.0 Å². The molecular formula is C83H149N3O35. The van der Waals surface area contributed by atoms with Crippen molar-refractivity contribution in [1.82, 2.24) is 16.0 Å². The molecule has 706 valence electrons. The van der Waals surface area contributed by atoms with Crippen LogP contribution >= 0.6 is 0 Å². The van der Waals surface area contributed by atoms with E-state index in [1.54, 1.807) is 6.08 Å². The smallest absolute Gasteiger partial charge is 0.364 e. The Balaban J connectivity index is 1.17. The second-order valence-electron chi connectivity index (χ2n) is 33.5. The summed E-state index contributed by atoms with van der Waals surface area (Å²) in [5, 5.41) is 221. The van der Waals surface area contributed by atoms with E-state index in [2.05, 4.69) is 29.8 Å². The molecule has 6 fully saturated rings. The van der Waals surface area contributed by atoms with Gasteiger partial charge in [0.05, 0.1) is 70.0 Å². The molecule has 121 heavy (non-hydrogen) atoms. The number of nitrogens with one attached hydrogen (secondary N) is 3. The van der Waals surface area contributed by atoms with Crippen molar-refractivity contribution in [2.24, 2.45) is 0 Å². The summed E-state index contributed by atoms with van der Waals surface area (Å²) >= 11 is 0. The number of rotatable bonds is 58. The summed E-state index contributed by atoms with van der Waals surface area (Å²) in [4.78, 5) is 52.8. The molecule has 22 N–H and O–H groups in total. The van der Waals surface area contributed by atoms with Crippen molar-refractivity contribution in [3.05, 3.63) is 12.2 Å². The summed E-state index contributed by atoms with van der Waals surface area (Å²) in [6.07, 6.45) is -20.8. The van der Waals surface area contributed by atoms with E-state index in [1.807, 2.05) is 6.08 Å². The fraction of sp³-hybridized carbons (Fsp3) is 0.928. The van der Waals surface area contributed by atoms with Crippen LogP contribution in [0, 0.1) is 0 Å². The number of hydrogen-bond donors (Lipinski definition) is 22. The number of aliphatic carboxylic acids is 1. The van der Waals surface area contributed by atoms with E-state index < -0.39 is 266 Å². The summed E-state index contributed by atoms with van der Waals surface area (Å²) in [5.41, 5.74) is 0. The average Bonchev–Trinajstić information content (AvgIpc) is 0.751. The normalized spacial score (nSPS) is 35.8. The quantitative estimate of drug-likeness (QED) is 0.0266. The van der Waals surface area contributed by atoms with Crippen molar-refractivity contribution >= 4 is 23.7 Å². The summed E-state index contributed by atoms with van der Waals surface area (Å²) in [7, 11) is 0. The fourth-order valence-electron chi connectivity index (χ4n) is 16.4. The molecule has 38 heteroatoms. The van der Waals surface area contributed by atoms with E-state index >= 15 is 0 Å². The van der Waals surface area contributed by atoms with Crippen molar-refractivity contribution < 1.29 is 173 Å². The van der Waals surface area contributed by atoms with Gasteiger partial charge in [-0.25, -0.2) is 4.79 Å². The van der Waals surface area contributed by atoms with E-state index in [0.29, 0.717) is 12.8 Å². The minimum Gasteiger partial charge on any atom is -0.477 e. The highest BCUT2D eigenvalue weighted by atomic mass is 16.8. The number of carboxylic acids is 1. The largest absolute Gasteiger partial charge is 0.477 e. The van der Waals surface area contributed by atoms with Crippen LogP contribution in [0.5, 0.6) is 0 Å². The van der Waals surface area contributed by atoms with Gasteiger partial charge in [0.25, 0.3) is 5.79 Å². The van der Waals surface area contributed by atoms with Gasteiger partial charge in [0.15, 0.2) is 31.5 Å². The molecule has 0 saturated carbocycles. The van der Waals surface area contributed by atoms with Crippen molar-refractivity contribution in [2.75, 3.05) is 39.6 Å². The molecule has 0 bridgehead atoms. The fourth-order valence-corrected chi connectivity index (χ4v) is 16.4. The number of allylic oxidation sites excluding steroid dienone is 1. The Labute approximate surface area is 710 Å². The summed E-state index contributed by atoms with van der Waals surface area (Å²) < 4.78 is 72.2. The zero-order chi connectivity index (χ0) is 88.9. The topological polar surface area (TPSA) is 600 Å². The molecule has 0 spiro atoms. The SMILES string of the molecule is CCCCCCCCCCCCC/C=C/[C@@H](O)[C@H](CO[C@@H]1OC(CO)[C@@H](O[C@@H]2OC(CO)[C@H](O)[C@H](O[C@@H]3OC(CO)[C@@H](O[C@@H]4OC(CO)[C@H](O)[C@H](O[C@]5(C(=O)O)CC(O)[C@@H](NC(C)=O)C([C@H](O)[C@H](O)CO)O5)C4O)[C@H](O[C@H]4OC(C)[C@@H](O)C(O)[C@@H]4O)C3NC(C)=O)C2O)[C@H](O)C1O)NC(=O)CCCCCCCCCCCCCCCCCCCCC. The molecule has 6 rings (SSSR count). The van der Waals surface area contributed by atoms with Gasteiger partial charge in [-0.2, -0.15) is 0 Å². The maximum absolute atomic E-state index is 13.6. The van der Waals surface area contributed by atoms with Gasteiger partial charge in [-0.15, -0.1) is 0 Å². The number of carbonyl (C=O) groups is 4. The third kappa shape index (κ3) is 32.5. The first kappa shape index (κ1) is 106. The Morgan fingerprint density at radius 2 is 0.860 bits per heavy atom. The summed E-state index contributed by atoms with van der Waals surface area (Å²) in [6.45, 7) is 1.53. The lowest BCUT2D eigenvalue weighted by Crippen LogP contribution is -2.72. The Morgan fingerprint density at radius 1 is 0.446 bits per heavy atom. The maximum Gasteiger partial charge on any atom is 0.364 e. The van der Waals surface area contributed by atoms with Crippen LogP contribution in [0.2, 0.25) is 0 Å². The first-order valence-electron chi connectivity index (χ1n) is 44.5. The lowest BCUT2D eigenvalue weighted by Gasteiger charge is -2.52. The maximum atomic E-state index is 13.6. The van der Waals surface area contributed by atoms with Gasteiger partial charge in [-0.1, -0.05) is 206 Å². The molecule has 6 heterocycles. The van der Waals surface area contributed by atoms with E-state index in [1.165, 1.54) is 142 Å². The first-order valence-corrected chi connectivity index (χ1v) is 44.5. The van der Waals surface area contributed by atoms with Crippen molar-refractivity contribution in [3.8, 4) is 0 Å². The zero-order valence-corrected chi connectivity index (χ0v) is 71.2. The molecule has 3 amide bonds. The van der Waals surface area contributed by atoms with E-state index in [4.69, 9.17) is 56.8 Å². The number of aliphatic hydroxyl groups is 18. The Hall–Kier alpha value is -3.58. The zero-order valence-electron chi connectivity index (χ0n) is 71.2. The molecule has 6 aliphatic rings. The van der Waals surface area contributed by atoms with Crippen LogP contribution in [-0.2, 0) is 76.0 Å². The molecule has 0 radical (unpaired) electrons. The third-order valence-electron chi connectivity index (χ3n) is 23.7. The van der Waals surface area contributed by atoms with Crippen LogP contribution in [0.1, 0.15) is 247 Å². The Kier molecular flexibility index (Phi) is 49.1. The highest BCUT2D eigenvalue weighted by Gasteiger charge is 2.62. The monoisotopic (exact) mass is 1750 g/mol. The molecule has 33 atom stereocenters. The highest BCUT2D eigenvalue weighted by Crippen LogP contribution is 2.41. The van der Waals surface area contributed by atoms with Gasteiger partial charge in [-0.05, 0) is 26.2 Å². The molecule has 12 unspecified atom stereocenters. The van der Waals surface area contributed by atoms with Crippen LogP contribution in [-0.4, -0.2) is 362 Å². The predicted octanol–water partition coefficient (Wildman–Crippen LogP) is -0.630. The van der Waals surface area contributed by atoms with Gasteiger partial charge in [0, 0.05) is 26.7 Å². The Morgan fingerprint density at radius 3 is 1.35 bits per heavy atom. The van der Waals surface area contributed by atoms with Gasteiger partial charge in [0.1, 0.15) is 134 Å². The van der Waals surface area contributed by atoms with Crippen LogP contribution in [0.4, 0.5) is 0 Å². The summed E-state index contributed by atoms with van der Waals surface area (Å²) in [6, 6.07) is -4.81. The number of amides is 3. The lowest BCUT2D eigenvalue weighted by atomic mass is 9.88. The van der Waals surface area contributed by atoms with Crippen LogP contribution in [0.3, 0.4) is 0 Å². The number of carbonyl (C=O) groups excluding carboxylic acids is 3. The number of ether oxygens (including phenoxy) is 12. The molecule has 0 aromatic rings. The summed E-state index contributed by atoms with van der Waals surface area (Å²) in [5.74, 6) is -7.56. The molecule has 0 aromatic carbocycles. The van der Waals surface area contributed by atoms with E-state index in [9.17, 15) is 116 Å². The van der Waals surface area contributed by atoms with Crippen molar-refractivity contribution in [2.45, 2.75) is 448 Å². The molecule has 6 saturated heterocycles. The van der Waals surface area contributed by atoms with Gasteiger partial charge < -0.3 is 170 Å². The second kappa shape index (κ2) is 56.0. The first-order chi connectivity index (χ1) is 58.0. The minimum atomic E-state index is -3.28. The average molecular weight is 1750 g/mol. The highest BCUT2D eigenvalue weighted by molar-refractivity contribution is 5.77. The molecule has 6 aliphatic heterocycles. The third-order valence-corrected chi connectivity index (χ3v) is 23.7. The standard InChI is InChI=1S/C83H149N3O35/c1-6-8-10-12-14-16-18-20-21-22-23-24-25-27-29-31-33-35-37-39-58(97)86-50(51(94)38-36-34-32-30-28-26-19-17-15-13-11-9-7-2)46-110-78-68(105)66(103)71(56(44-90)115-78)116-80-69(106)75(63(100)54(42-88)112-80)119-77-60(85-49(5)93)74(118-79-67(104)65(102)61(98)47(3)111-79)72(57(45-91)114-77)117-81-70(107)76(64(101)55(43-89)113-81)121-83(82(108)109)40-52(95)59(84-48(4)92)73(120-83)62(99)53(96)41-87/h36,38,47,50-57,59-81,87-91,94-96,98-107H,6-35,37,39-46H2,1-5H3,(H,84,92)(H,85,93)(H,86,97)(H,108,109)/b38-36+/t47?,50-,51+,52?,53+,54?,55?,56?,57?,59+,60?,61+,62+,63-,64-,65?,66+,67-,68?,69?,70?,71+,72+,73?,74+,75-,76-,77-,78+,79+,80-,81-,83-/m0/s1. The van der Waals surface area contributed by atoms with Crippen molar-refractivity contribution in [3.63, 3.8) is 0 Å². The van der Waals surface area contributed by atoms with Gasteiger partial charge in [-0.3, -0.25) is 14.4 Å². The lowest BCUT2D eigenvalue weighted by molar-refractivity contribution is -0.399.